The van der Waals surface area contributed by atoms with Crippen LogP contribution in [0.5, 0.6) is 5.75 Å². The van der Waals surface area contributed by atoms with E-state index in [1.54, 1.807) is 7.11 Å². The van der Waals surface area contributed by atoms with E-state index in [2.05, 4.69) is 48.5 Å². The van der Waals surface area contributed by atoms with Crippen molar-refractivity contribution < 1.29 is 4.74 Å². The zero-order chi connectivity index (χ0) is 13.1. The van der Waals surface area contributed by atoms with Crippen LogP contribution in [0.25, 0.3) is 20.9 Å². The highest BCUT2D eigenvalue weighted by Crippen LogP contribution is 2.34. The quantitative estimate of drug-likeness (QED) is 0.641. The van der Waals surface area contributed by atoms with E-state index in [1.165, 1.54) is 20.9 Å². The van der Waals surface area contributed by atoms with Crippen LogP contribution >= 0.6 is 11.3 Å². The van der Waals surface area contributed by atoms with Crippen molar-refractivity contribution in [3.05, 3.63) is 66.7 Å². The summed E-state index contributed by atoms with van der Waals surface area (Å²) < 4.78 is 5.18. The number of thiophene rings is 1. The highest BCUT2D eigenvalue weighted by Gasteiger charge is 2.04. The summed E-state index contributed by atoms with van der Waals surface area (Å²) in [6.45, 7) is 0. The van der Waals surface area contributed by atoms with Crippen molar-refractivity contribution in [1.29, 1.82) is 0 Å². The van der Waals surface area contributed by atoms with Gasteiger partial charge in [-0.3, -0.25) is 0 Å². The predicted octanol–water partition coefficient (Wildman–Crippen LogP) is 5.09. The van der Waals surface area contributed by atoms with Gasteiger partial charge in [-0.25, -0.2) is 0 Å². The monoisotopic (exact) mass is 266 g/mol. The third-order valence-electron chi connectivity index (χ3n) is 3.04. The smallest absolute Gasteiger partial charge is 0.118 e. The lowest BCUT2D eigenvalue weighted by atomic mass is 10.1. The molecule has 0 unspecified atom stereocenters. The second kappa shape index (κ2) is 5.29. The topological polar surface area (TPSA) is 9.23 Å². The zero-order valence-electron chi connectivity index (χ0n) is 10.7. The molecule has 94 valence electrons. The van der Waals surface area contributed by atoms with E-state index in [4.69, 9.17) is 4.74 Å². The van der Waals surface area contributed by atoms with Gasteiger partial charge in [0.1, 0.15) is 5.75 Å². The average Bonchev–Trinajstić information content (AvgIpc) is 2.98. The fourth-order valence-corrected chi connectivity index (χ4v) is 3.02. The summed E-state index contributed by atoms with van der Waals surface area (Å²) in [4.78, 5) is 2.58. The Morgan fingerprint density at radius 2 is 1.26 bits per heavy atom. The van der Waals surface area contributed by atoms with Gasteiger partial charge in [-0.15, -0.1) is 11.3 Å². The maximum atomic E-state index is 5.18. The molecule has 0 spiro atoms. The Morgan fingerprint density at radius 1 is 0.684 bits per heavy atom. The van der Waals surface area contributed by atoms with Crippen LogP contribution in [0.4, 0.5) is 0 Å². The molecule has 0 aliphatic rings. The first-order valence-electron chi connectivity index (χ1n) is 6.16. The van der Waals surface area contributed by atoms with Gasteiger partial charge in [0, 0.05) is 9.75 Å². The molecule has 0 saturated carbocycles. The average molecular weight is 266 g/mol. The second-order valence-corrected chi connectivity index (χ2v) is 5.34. The van der Waals surface area contributed by atoms with E-state index in [9.17, 15) is 0 Å². The molecule has 2 aromatic carbocycles. The van der Waals surface area contributed by atoms with Gasteiger partial charge >= 0.3 is 0 Å². The third kappa shape index (κ3) is 2.54. The molecule has 0 saturated heterocycles. The fraction of sp³-hybridized carbons (Fsp3) is 0.0588. The molecule has 0 aliphatic carbocycles. The molecule has 2 heteroatoms. The minimum atomic E-state index is 0.892. The number of methoxy groups -OCH3 is 1. The Hall–Kier alpha value is -2.06. The highest BCUT2D eigenvalue weighted by atomic mass is 32.1. The molecular formula is C17H14OS. The molecule has 1 nitrogen and oxygen atoms in total. The zero-order valence-corrected chi connectivity index (χ0v) is 11.5. The number of hydrogen-bond donors (Lipinski definition) is 0. The molecule has 3 aromatic rings. The molecule has 0 N–H and O–H groups in total. The van der Waals surface area contributed by atoms with Gasteiger partial charge in [-0.2, -0.15) is 0 Å². The third-order valence-corrected chi connectivity index (χ3v) is 4.22. The Bertz CT molecular complexity index is 653. The molecular weight excluding hydrogens is 252 g/mol. The van der Waals surface area contributed by atoms with E-state index in [0.29, 0.717) is 0 Å². The van der Waals surface area contributed by atoms with Crippen molar-refractivity contribution in [3.8, 4) is 26.6 Å². The van der Waals surface area contributed by atoms with Gasteiger partial charge in [-0.1, -0.05) is 30.3 Å². The van der Waals surface area contributed by atoms with E-state index in [0.717, 1.165) is 5.75 Å². The number of ether oxygens (including phenoxy) is 1. The first kappa shape index (κ1) is 12.0. The summed E-state index contributed by atoms with van der Waals surface area (Å²) in [6.07, 6.45) is 0. The number of hydrogen-bond acceptors (Lipinski definition) is 2. The molecule has 0 atom stereocenters. The maximum absolute atomic E-state index is 5.18. The van der Waals surface area contributed by atoms with Gasteiger partial charge < -0.3 is 4.74 Å². The SMILES string of the molecule is COc1ccc(-c2ccc(-c3ccccc3)s2)cc1. The summed E-state index contributed by atoms with van der Waals surface area (Å²) >= 11 is 1.81. The van der Waals surface area contributed by atoms with Gasteiger partial charge in [0.15, 0.2) is 0 Å². The highest BCUT2D eigenvalue weighted by molar-refractivity contribution is 7.18. The number of rotatable bonds is 3. The Morgan fingerprint density at radius 3 is 1.84 bits per heavy atom. The van der Waals surface area contributed by atoms with Crippen LogP contribution in [-0.4, -0.2) is 7.11 Å². The van der Waals surface area contributed by atoms with E-state index < -0.39 is 0 Å². The Labute approximate surface area is 117 Å². The first-order chi connectivity index (χ1) is 9.36. The van der Waals surface area contributed by atoms with Crippen LogP contribution in [0.15, 0.2) is 66.7 Å². The van der Waals surface area contributed by atoms with Crippen LogP contribution in [-0.2, 0) is 0 Å². The Kier molecular flexibility index (Phi) is 3.34. The Balaban J connectivity index is 1.92. The van der Waals surface area contributed by atoms with Gasteiger partial charge in [0.05, 0.1) is 7.11 Å². The molecule has 1 aromatic heterocycles. The molecule has 0 bridgehead atoms. The predicted molar refractivity (Wildman–Crippen MR) is 81.7 cm³/mol. The van der Waals surface area contributed by atoms with Crippen LogP contribution in [0.1, 0.15) is 0 Å². The van der Waals surface area contributed by atoms with Crippen molar-refractivity contribution in [2.24, 2.45) is 0 Å². The molecule has 0 aliphatic heterocycles. The van der Waals surface area contributed by atoms with E-state index >= 15 is 0 Å². The van der Waals surface area contributed by atoms with Crippen LogP contribution < -0.4 is 4.74 Å². The molecule has 0 amide bonds. The minimum Gasteiger partial charge on any atom is -0.497 e. The molecule has 1 heterocycles. The summed E-state index contributed by atoms with van der Waals surface area (Å²) in [5.41, 5.74) is 2.50. The van der Waals surface area contributed by atoms with Gasteiger partial charge in [0.25, 0.3) is 0 Å². The fourth-order valence-electron chi connectivity index (χ4n) is 2.01. The standard InChI is InChI=1S/C17H14OS/c1-18-15-9-7-14(8-10-15)17-12-11-16(19-17)13-5-3-2-4-6-13/h2-12H,1H3. The van der Waals surface area contributed by atoms with Crippen LogP contribution in [0.2, 0.25) is 0 Å². The maximum Gasteiger partial charge on any atom is 0.118 e. The molecule has 0 fully saturated rings. The summed E-state index contributed by atoms with van der Waals surface area (Å²) in [5, 5.41) is 0. The van der Waals surface area contributed by atoms with Crippen molar-refractivity contribution in [2.75, 3.05) is 7.11 Å². The lowest BCUT2D eigenvalue weighted by Crippen LogP contribution is -1.81. The van der Waals surface area contributed by atoms with Crippen LogP contribution in [0, 0.1) is 0 Å². The second-order valence-electron chi connectivity index (χ2n) is 4.26. The molecule has 19 heavy (non-hydrogen) atoms. The van der Waals surface area contributed by atoms with Gasteiger partial charge in [0.2, 0.25) is 0 Å². The first-order valence-corrected chi connectivity index (χ1v) is 6.98. The van der Waals surface area contributed by atoms with Gasteiger partial charge in [-0.05, 0) is 47.5 Å². The van der Waals surface area contributed by atoms with E-state index in [-0.39, 0.29) is 0 Å². The van der Waals surface area contributed by atoms with Crippen molar-refractivity contribution in [1.82, 2.24) is 0 Å². The van der Waals surface area contributed by atoms with Crippen molar-refractivity contribution >= 4 is 11.3 Å². The lowest BCUT2D eigenvalue weighted by molar-refractivity contribution is 0.415. The molecule has 3 rings (SSSR count). The molecule has 0 radical (unpaired) electrons. The summed E-state index contributed by atoms with van der Waals surface area (Å²) in [5.74, 6) is 0.892. The van der Waals surface area contributed by atoms with E-state index in [1.807, 2.05) is 29.5 Å². The lowest BCUT2D eigenvalue weighted by Gasteiger charge is -2.01. The summed E-state index contributed by atoms with van der Waals surface area (Å²) in [6, 6.07) is 23.0. The normalized spacial score (nSPS) is 10.4. The van der Waals surface area contributed by atoms with Crippen molar-refractivity contribution in [3.63, 3.8) is 0 Å². The van der Waals surface area contributed by atoms with Crippen molar-refractivity contribution in [2.45, 2.75) is 0 Å². The largest absolute Gasteiger partial charge is 0.497 e. The summed E-state index contributed by atoms with van der Waals surface area (Å²) in [7, 11) is 1.69. The van der Waals surface area contributed by atoms with Crippen LogP contribution in [0.3, 0.4) is 0 Å². The minimum absolute atomic E-state index is 0.892. The number of benzene rings is 2.